The number of aromatic nitrogens is 4. The minimum atomic E-state index is -0.141. The van der Waals surface area contributed by atoms with Crippen LogP contribution in [0.25, 0.3) is 23.0 Å². The second-order valence-corrected chi connectivity index (χ2v) is 3.69. The zero-order chi connectivity index (χ0) is 13.2. The van der Waals surface area contributed by atoms with Crippen LogP contribution in [-0.4, -0.2) is 30.3 Å². The van der Waals surface area contributed by atoms with E-state index < -0.39 is 0 Å². The molecule has 3 rings (SSSR count). The highest BCUT2D eigenvalue weighted by Crippen LogP contribution is 2.36. The topological polar surface area (TPSA) is 105 Å². The van der Waals surface area contributed by atoms with Gasteiger partial charge in [-0.3, -0.25) is 0 Å². The molecule has 0 aliphatic carbocycles. The molecule has 2 heterocycles. The molecule has 7 heteroatoms. The second-order valence-electron chi connectivity index (χ2n) is 3.69. The van der Waals surface area contributed by atoms with Crippen LogP contribution in [-0.2, 0) is 0 Å². The first-order chi connectivity index (χ1) is 9.25. The van der Waals surface area contributed by atoms with Crippen LogP contribution in [0.15, 0.2) is 41.3 Å². The molecule has 0 amide bonds. The van der Waals surface area contributed by atoms with Crippen molar-refractivity contribution < 1.29 is 14.7 Å². The van der Waals surface area contributed by atoms with Gasteiger partial charge in [-0.2, -0.15) is 4.98 Å². The summed E-state index contributed by atoms with van der Waals surface area (Å²) in [5.74, 6) is -0.0139. The van der Waals surface area contributed by atoms with Crippen molar-refractivity contribution in [1.82, 2.24) is 20.1 Å². The van der Waals surface area contributed by atoms with Gasteiger partial charge >= 0.3 is 0 Å². The Hall–Kier alpha value is -2.96. The molecular formula is C12H8N4O3. The lowest BCUT2D eigenvalue weighted by molar-refractivity contribution is 0.416. The predicted octanol–water partition coefficient (Wildman–Crippen LogP) is 1.60. The number of aromatic hydroxyl groups is 2. The highest BCUT2D eigenvalue weighted by Gasteiger charge is 2.18. The van der Waals surface area contributed by atoms with Crippen molar-refractivity contribution in [2.45, 2.75) is 0 Å². The van der Waals surface area contributed by atoms with Gasteiger partial charge in [-0.15, -0.1) is 0 Å². The van der Waals surface area contributed by atoms with Crippen LogP contribution in [0.3, 0.4) is 0 Å². The fourth-order valence-corrected chi connectivity index (χ4v) is 1.60. The number of hydrogen-bond acceptors (Lipinski definition) is 7. The average molecular weight is 256 g/mol. The number of hydrogen-bond donors (Lipinski definition) is 2. The molecule has 0 unspecified atom stereocenters. The van der Waals surface area contributed by atoms with Gasteiger partial charge < -0.3 is 14.7 Å². The fourth-order valence-electron chi connectivity index (χ4n) is 1.60. The molecule has 94 valence electrons. The predicted molar refractivity (Wildman–Crippen MR) is 64.1 cm³/mol. The van der Waals surface area contributed by atoms with E-state index in [1.54, 1.807) is 12.3 Å². The standard InChI is InChI=1S/C12H8N4O3/c17-8-2-1-3-9(18)10(8)12-15-11(16-19-12)7-4-5-13-6-14-7/h1-6,17-18H. The molecule has 3 aromatic rings. The number of phenols is 2. The molecule has 1 aromatic carbocycles. The zero-order valence-corrected chi connectivity index (χ0v) is 9.56. The Labute approximate surface area is 107 Å². The summed E-state index contributed by atoms with van der Waals surface area (Å²) >= 11 is 0. The Morgan fingerprint density at radius 1 is 1.05 bits per heavy atom. The molecule has 0 saturated carbocycles. The van der Waals surface area contributed by atoms with Crippen LogP contribution in [0.1, 0.15) is 0 Å². The van der Waals surface area contributed by atoms with E-state index in [9.17, 15) is 10.2 Å². The Morgan fingerprint density at radius 2 is 1.84 bits per heavy atom. The van der Waals surface area contributed by atoms with Crippen molar-refractivity contribution in [2.24, 2.45) is 0 Å². The lowest BCUT2D eigenvalue weighted by Crippen LogP contribution is -1.86. The maximum Gasteiger partial charge on any atom is 0.265 e. The summed E-state index contributed by atoms with van der Waals surface area (Å²) in [6, 6.07) is 5.97. The minimum Gasteiger partial charge on any atom is -0.507 e. The molecule has 2 N–H and O–H groups in total. The number of phenolic OH excluding ortho intramolecular Hbond substituents is 2. The van der Waals surface area contributed by atoms with E-state index in [1.165, 1.54) is 24.5 Å². The first-order valence-corrected chi connectivity index (χ1v) is 5.37. The SMILES string of the molecule is Oc1cccc(O)c1-c1nc(-c2ccncn2)no1. The van der Waals surface area contributed by atoms with E-state index in [4.69, 9.17) is 4.52 Å². The van der Waals surface area contributed by atoms with Gasteiger partial charge in [0.25, 0.3) is 5.89 Å². The van der Waals surface area contributed by atoms with Gasteiger partial charge in [-0.25, -0.2) is 9.97 Å². The van der Waals surface area contributed by atoms with Crippen molar-refractivity contribution >= 4 is 0 Å². The first kappa shape index (κ1) is 11.1. The van der Waals surface area contributed by atoms with Crippen LogP contribution in [0.5, 0.6) is 11.5 Å². The lowest BCUT2D eigenvalue weighted by atomic mass is 10.2. The second kappa shape index (κ2) is 4.37. The molecule has 0 aliphatic rings. The normalized spacial score (nSPS) is 10.5. The van der Waals surface area contributed by atoms with Crippen molar-refractivity contribution in [2.75, 3.05) is 0 Å². The lowest BCUT2D eigenvalue weighted by Gasteiger charge is -2.00. The molecule has 7 nitrogen and oxygen atoms in total. The quantitative estimate of drug-likeness (QED) is 0.717. The third kappa shape index (κ3) is 1.97. The van der Waals surface area contributed by atoms with Gasteiger partial charge in [0.2, 0.25) is 5.82 Å². The monoisotopic (exact) mass is 256 g/mol. The highest BCUT2D eigenvalue weighted by atomic mass is 16.5. The number of nitrogens with zero attached hydrogens (tertiary/aromatic N) is 4. The van der Waals surface area contributed by atoms with Crippen LogP contribution >= 0.6 is 0 Å². The number of benzene rings is 1. The van der Waals surface area contributed by atoms with Gasteiger partial charge in [0, 0.05) is 6.20 Å². The van der Waals surface area contributed by atoms with Gasteiger partial charge in [-0.1, -0.05) is 11.2 Å². The van der Waals surface area contributed by atoms with E-state index in [1.807, 2.05) is 0 Å². The van der Waals surface area contributed by atoms with Crippen LogP contribution in [0.2, 0.25) is 0 Å². The van der Waals surface area contributed by atoms with Gasteiger partial charge in [0.05, 0.1) is 0 Å². The number of rotatable bonds is 2. The summed E-state index contributed by atoms with van der Waals surface area (Å²) in [4.78, 5) is 11.9. The Bertz CT molecular complexity index is 692. The Kier molecular flexibility index (Phi) is 2.57. The first-order valence-electron chi connectivity index (χ1n) is 5.37. The van der Waals surface area contributed by atoms with Crippen LogP contribution in [0.4, 0.5) is 0 Å². The Morgan fingerprint density at radius 3 is 2.53 bits per heavy atom. The smallest absolute Gasteiger partial charge is 0.265 e. The molecule has 0 aliphatic heterocycles. The molecule has 0 bridgehead atoms. The van der Waals surface area contributed by atoms with Gasteiger partial charge in [0.15, 0.2) is 0 Å². The van der Waals surface area contributed by atoms with E-state index in [2.05, 4.69) is 20.1 Å². The fraction of sp³-hybridized carbons (Fsp3) is 0. The highest BCUT2D eigenvalue weighted by molar-refractivity contribution is 5.70. The third-order valence-electron chi connectivity index (χ3n) is 2.47. The summed E-state index contributed by atoms with van der Waals surface area (Å²) in [5, 5.41) is 23.2. The van der Waals surface area contributed by atoms with E-state index in [0.717, 1.165) is 0 Å². The summed E-state index contributed by atoms with van der Waals surface area (Å²) in [6.07, 6.45) is 2.92. The summed E-state index contributed by atoms with van der Waals surface area (Å²) in [7, 11) is 0. The van der Waals surface area contributed by atoms with E-state index >= 15 is 0 Å². The molecule has 0 saturated heterocycles. The van der Waals surface area contributed by atoms with Crippen LogP contribution in [0, 0.1) is 0 Å². The minimum absolute atomic E-state index is 0.0178. The largest absolute Gasteiger partial charge is 0.507 e. The van der Waals surface area contributed by atoms with Crippen molar-refractivity contribution in [3.05, 3.63) is 36.8 Å². The summed E-state index contributed by atoms with van der Waals surface area (Å²) < 4.78 is 5.03. The molecule has 19 heavy (non-hydrogen) atoms. The maximum absolute atomic E-state index is 9.71. The van der Waals surface area contributed by atoms with Crippen molar-refractivity contribution in [1.29, 1.82) is 0 Å². The van der Waals surface area contributed by atoms with Gasteiger partial charge in [-0.05, 0) is 18.2 Å². The molecule has 0 radical (unpaired) electrons. The molecule has 0 atom stereocenters. The zero-order valence-electron chi connectivity index (χ0n) is 9.56. The average Bonchev–Trinajstić information content (AvgIpc) is 2.89. The van der Waals surface area contributed by atoms with Crippen molar-refractivity contribution in [3.63, 3.8) is 0 Å². The van der Waals surface area contributed by atoms with Crippen LogP contribution < -0.4 is 0 Å². The van der Waals surface area contributed by atoms with E-state index in [0.29, 0.717) is 5.69 Å². The Balaban J connectivity index is 2.07. The third-order valence-corrected chi connectivity index (χ3v) is 2.47. The summed E-state index contributed by atoms with van der Waals surface area (Å²) in [5.41, 5.74) is 0.579. The van der Waals surface area contributed by atoms with E-state index in [-0.39, 0.29) is 28.8 Å². The molecule has 0 spiro atoms. The van der Waals surface area contributed by atoms with Crippen molar-refractivity contribution in [3.8, 4) is 34.5 Å². The molecular weight excluding hydrogens is 248 g/mol. The maximum atomic E-state index is 9.71. The summed E-state index contributed by atoms with van der Waals surface area (Å²) in [6.45, 7) is 0. The molecule has 2 aromatic heterocycles. The van der Waals surface area contributed by atoms with Gasteiger partial charge in [0.1, 0.15) is 29.1 Å². The molecule has 0 fully saturated rings.